The Hall–Kier alpha value is -1.92. The Bertz CT molecular complexity index is 672. The molecule has 0 radical (unpaired) electrons. The number of carbonyl (C=O) groups excluding carboxylic acids is 1. The quantitative estimate of drug-likeness (QED) is 0.224. The van der Waals surface area contributed by atoms with Gasteiger partial charge in [-0.1, -0.05) is 77.6 Å². The van der Waals surface area contributed by atoms with Crippen molar-refractivity contribution < 1.29 is 32.5 Å². The number of aromatic hydroxyl groups is 1. The lowest BCUT2D eigenvalue weighted by Crippen LogP contribution is -2.16. The van der Waals surface area contributed by atoms with Gasteiger partial charge in [-0.3, -0.25) is 0 Å². The molecule has 1 aromatic carbocycles. The van der Waals surface area contributed by atoms with Crippen molar-refractivity contribution in [1.29, 1.82) is 0 Å². The number of unbranched alkanes of at least 4 members (excludes halogenated alkanes) is 11. The molecule has 0 aliphatic rings. The molecule has 0 fully saturated rings. The van der Waals surface area contributed by atoms with Crippen LogP contribution in [0.1, 0.15) is 105 Å². The first-order chi connectivity index (χ1) is 14.8. The van der Waals surface area contributed by atoms with Crippen LogP contribution in [0, 0.1) is 0 Å². The van der Waals surface area contributed by atoms with Crippen molar-refractivity contribution in [3.8, 4) is 11.5 Å². The molecule has 0 saturated carbocycles. The number of esters is 1. The number of alkyl halides is 3. The van der Waals surface area contributed by atoms with Crippen LogP contribution in [0.2, 0.25) is 0 Å². The maximum atomic E-state index is 13.4. The highest BCUT2D eigenvalue weighted by atomic mass is 19.4. The summed E-state index contributed by atoms with van der Waals surface area (Å²) >= 11 is 0. The molecule has 0 aromatic heterocycles. The summed E-state index contributed by atoms with van der Waals surface area (Å²) in [4.78, 5) is 11.9. The topological polar surface area (TPSA) is 55.8 Å². The Kier molecular flexibility index (Phi) is 12.4. The zero-order chi connectivity index (χ0) is 23.3. The van der Waals surface area contributed by atoms with Gasteiger partial charge in [0.05, 0.1) is 19.8 Å². The number of phenolic OH excluding ortho intramolecular Hbond substituents is 1. The number of benzene rings is 1. The van der Waals surface area contributed by atoms with Crippen LogP contribution in [0.4, 0.5) is 13.2 Å². The van der Waals surface area contributed by atoms with E-state index in [-0.39, 0.29) is 11.3 Å². The Balaban J connectivity index is 2.57. The smallest absolute Gasteiger partial charge is 0.417 e. The molecule has 1 N–H and O–H groups in total. The van der Waals surface area contributed by atoms with Gasteiger partial charge < -0.3 is 14.6 Å². The zero-order valence-corrected chi connectivity index (χ0v) is 19.1. The second kappa shape index (κ2) is 14.2. The van der Waals surface area contributed by atoms with Gasteiger partial charge >= 0.3 is 12.1 Å². The summed E-state index contributed by atoms with van der Waals surface area (Å²) in [6.45, 7) is 2.22. The van der Waals surface area contributed by atoms with Gasteiger partial charge in [0.2, 0.25) is 0 Å². The van der Waals surface area contributed by atoms with E-state index in [9.17, 15) is 23.1 Å². The molecule has 178 valence electrons. The molecule has 1 aromatic rings. The fourth-order valence-corrected chi connectivity index (χ4v) is 3.78. The van der Waals surface area contributed by atoms with Crippen molar-refractivity contribution in [2.45, 2.75) is 96.6 Å². The summed E-state index contributed by atoms with van der Waals surface area (Å²) in [5, 5.41) is 10.4. The molecule has 0 aliphatic carbocycles. The Morgan fingerprint density at radius 1 is 0.903 bits per heavy atom. The highest BCUT2D eigenvalue weighted by molar-refractivity contribution is 5.95. The molecule has 0 unspecified atom stereocenters. The van der Waals surface area contributed by atoms with Gasteiger partial charge in [-0.15, -0.1) is 0 Å². The fourth-order valence-electron chi connectivity index (χ4n) is 3.78. The second-order valence-electron chi connectivity index (χ2n) is 7.96. The van der Waals surface area contributed by atoms with Crippen LogP contribution < -0.4 is 4.74 Å². The van der Waals surface area contributed by atoms with E-state index in [0.717, 1.165) is 32.4 Å². The third kappa shape index (κ3) is 8.99. The average molecular weight is 447 g/mol. The highest BCUT2D eigenvalue weighted by Crippen LogP contribution is 2.42. The number of methoxy groups -OCH3 is 2. The minimum Gasteiger partial charge on any atom is -0.507 e. The summed E-state index contributed by atoms with van der Waals surface area (Å²) < 4.78 is 49.6. The molecule has 7 heteroatoms. The molecular weight excluding hydrogens is 409 g/mol. The van der Waals surface area contributed by atoms with E-state index in [4.69, 9.17) is 4.74 Å². The molecule has 0 saturated heterocycles. The lowest BCUT2D eigenvalue weighted by molar-refractivity contribution is -0.138. The first kappa shape index (κ1) is 27.1. The SMILES string of the molecule is CCCCCCCCCCCCCCc1c(OC)cc(C(F)(F)F)c(C(=O)OC)c1O. The predicted octanol–water partition coefficient (Wildman–Crippen LogP) is 7.45. The molecule has 0 atom stereocenters. The molecule has 0 heterocycles. The summed E-state index contributed by atoms with van der Waals surface area (Å²) in [6, 6.07) is 0.766. The van der Waals surface area contributed by atoms with Crippen molar-refractivity contribution in [3.05, 3.63) is 22.8 Å². The molecule has 0 bridgehead atoms. The number of phenols is 1. The van der Waals surface area contributed by atoms with E-state index in [1.54, 1.807) is 0 Å². The monoisotopic (exact) mass is 446 g/mol. The number of ether oxygens (including phenoxy) is 2. The van der Waals surface area contributed by atoms with Crippen LogP contribution in [-0.2, 0) is 17.3 Å². The molecule has 0 amide bonds. The van der Waals surface area contributed by atoms with Gasteiger partial charge in [-0.25, -0.2) is 4.79 Å². The largest absolute Gasteiger partial charge is 0.507 e. The van der Waals surface area contributed by atoms with Crippen molar-refractivity contribution >= 4 is 5.97 Å². The van der Waals surface area contributed by atoms with E-state index >= 15 is 0 Å². The van der Waals surface area contributed by atoms with E-state index < -0.39 is 29.0 Å². The predicted molar refractivity (Wildman–Crippen MR) is 116 cm³/mol. The van der Waals surface area contributed by atoms with Gasteiger partial charge in [-0.2, -0.15) is 13.2 Å². The lowest BCUT2D eigenvalue weighted by Gasteiger charge is -2.18. The number of hydrogen-bond acceptors (Lipinski definition) is 4. The third-order valence-corrected chi connectivity index (χ3v) is 5.56. The maximum absolute atomic E-state index is 13.4. The van der Waals surface area contributed by atoms with Gasteiger partial charge in [0.1, 0.15) is 17.1 Å². The van der Waals surface area contributed by atoms with Gasteiger partial charge in [0.15, 0.2) is 0 Å². The summed E-state index contributed by atoms with van der Waals surface area (Å²) in [6.07, 6.45) is 9.48. The first-order valence-corrected chi connectivity index (χ1v) is 11.4. The van der Waals surface area contributed by atoms with Crippen molar-refractivity contribution in [2.24, 2.45) is 0 Å². The number of hydrogen-bond donors (Lipinski definition) is 1. The normalized spacial score (nSPS) is 11.5. The molecular formula is C24H37F3O4. The Labute approximate surface area is 184 Å². The number of rotatable bonds is 15. The second-order valence-corrected chi connectivity index (χ2v) is 7.96. The summed E-state index contributed by atoms with van der Waals surface area (Å²) in [7, 11) is 2.23. The summed E-state index contributed by atoms with van der Waals surface area (Å²) in [5.74, 6) is -1.99. The highest BCUT2D eigenvalue weighted by Gasteiger charge is 2.39. The van der Waals surface area contributed by atoms with E-state index in [0.29, 0.717) is 12.8 Å². The maximum Gasteiger partial charge on any atom is 0.417 e. The van der Waals surface area contributed by atoms with Crippen molar-refractivity contribution in [1.82, 2.24) is 0 Å². The fraction of sp³-hybridized carbons (Fsp3) is 0.708. The number of halogens is 3. The van der Waals surface area contributed by atoms with Crippen LogP contribution in [0.5, 0.6) is 11.5 Å². The molecule has 0 aliphatic heterocycles. The molecule has 31 heavy (non-hydrogen) atoms. The van der Waals surface area contributed by atoms with Gasteiger partial charge in [0.25, 0.3) is 0 Å². The van der Waals surface area contributed by atoms with Crippen LogP contribution in [0.3, 0.4) is 0 Å². The average Bonchev–Trinajstić information content (AvgIpc) is 2.73. The minimum absolute atomic E-state index is 0.0689. The van der Waals surface area contributed by atoms with Crippen LogP contribution in [0.15, 0.2) is 6.07 Å². The first-order valence-electron chi connectivity index (χ1n) is 11.4. The lowest BCUT2D eigenvalue weighted by atomic mass is 9.96. The van der Waals surface area contributed by atoms with E-state index in [1.165, 1.54) is 58.5 Å². The van der Waals surface area contributed by atoms with Crippen molar-refractivity contribution in [2.75, 3.05) is 14.2 Å². The van der Waals surface area contributed by atoms with Gasteiger partial charge in [-0.05, 0) is 18.9 Å². The van der Waals surface area contributed by atoms with Gasteiger partial charge in [0, 0.05) is 5.56 Å². The van der Waals surface area contributed by atoms with E-state index in [1.807, 2.05) is 0 Å². The van der Waals surface area contributed by atoms with Crippen LogP contribution in [-0.4, -0.2) is 25.3 Å². The van der Waals surface area contributed by atoms with Crippen LogP contribution >= 0.6 is 0 Å². The van der Waals surface area contributed by atoms with Crippen molar-refractivity contribution in [3.63, 3.8) is 0 Å². The third-order valence-electron chi connectivity index (χ3n) is 5.56. The Morgan fingerprint density at radius 3 is 1.81 bits per heavy atom. The standard InChI is InChI=1S/C24H37F3O4/c1-4-5-6-7-8-9-10-11-12-13-14-15-16-18-20(30-2)17-19(24(25,26)27)21(22(18)28)23(29)31-3/h17,28H,4-16H2,1-3H3. The minimum atomic E-state index is -4.82. The number of carbonyl (C=O) groups is 1. The zero-order valence-electron chi connectivity index (χ0n) is 19.1. The molecule has 0 spiro atoms. The van der Waals surface area contributed by atoms with Crippen LogP contribution in [0.25, 0.3) is 0 Å². The molecule has 4 nitrogen and oxygen atoms in total. The summed E-state index contributed by atoms with van der Waals surface area (Å²) in [5.41, 5.74) is -1.90. The molecule has 1 rings (SSSR count). The van der Waals surface area contributed by atoms with E-state index in [2.05, 4.69) is 11.7 Å². The Morgan fingerprint density at radius 2 is 1.39 bits per heavy atom.